The number of hydrogen-bond donors (Lipinski definition) is 0. The zero-order valence-electron chi connectivity index (χ0n) is 8.97. The number of benzene rings is 1. The van der Waals surface area contributed by atoms with E-state index in [9.17, 15) is 0 Å². The second-order valence-electron chi connectivity index (χ2n) is 1.94. The molecule has 1 atom stereocenters. The van der Waals surface area contributed by atoms with Crippen molar-refractivity contribution in [3.8, 4) is 0 Å². The first-order valence-electron chi connectivity index (χ1n) is 4.65. The van der Waals surface area contributed by atoms with Crippen molar-refractivity contribution in [2.75, 3.05) is 6.66 Å². The average Bonchev–Trinajstić information content (AvgIpc) is 2.24. The van der Waals surface area contributed by atoms with Gasteiger partial charge in [-0.05, 0) is 18.1 Å². The van der Waals surface area contributed by atoms with Gasteiger partial charge in [-0.1, -0.05) is 57.2 Å². The lowest BCUT2D eigenvalue weighted by Gasteiger charge is -1.96. The molecule has 2 heteroatoms. The summed E-state index contributed by atoms with van der Waals surface area (Å²) in [5.41, 5.74) is 1.22. The zero-order chi connectivity index (χ0) is 10.7. The van der Waals surface area contributed by atoms with Crippen molar-refractivity contribution >= 4 is 20.8 Å². The highest BCUT2D eigenvalue weighted by Crippen LogP contribution is 2.14. The Morgan fingerprint density at radius 1 is 1.15 bits per heavy atom. The third-order valence-corrected chi connectivity index (χ3v) is 1.71. The lowest BCUT2D eigenvalue weighted by molar-refractivity contribution is 1.14. The van der Waals surface area contributed by atoms with Gasteiger partial charge in [-0.3, -0.25) is 0 Å². The van der Waals surface area contributed by atoms with E-state index in [2.05, 4.69) is 16.2 Å². The van der Waals surface area contributed by atoms with Crippen LogP contribution < -0.4 is 0 Å². The van der Waals surface area contributed by atoms with E-state index in [1.165, 1.54) is 5.56 Å². The topological polar surface area (TPSA) is 0 Å². The van der Waals surface area contributed by atoms with E-state index < -0.39 is 0 Å². The Bertz CT molecular complexity index is 199. The molecule has 1 unspecified atom stereocenters. The van der Waals surface area contributed by atoms with Crippen LogP contribution >= 0.6 is 20.8 Å². The van der Waals surface area contributed by atoms with Gasteiger partial charge in [0.05, 0.1) is 0 Å². The molecule has 0 aliphatic rings. The highest BCUT2D eigenvalue weighted by Gasteiger charge is 1.91. The van der Waals surface area contributed by atoms with Gasteiger partial charge in [0, 0.05) is 5.02 Å². The molecule has 76 valence electrons. The van der Waals surface area contributed by atoms with Crippen LogP contribution in [0.25, 0.3) is 0 Å². The summed E-state index contributed by atoms with van der Waals surface area (Å²) in [5, 5.41) is 0.875. The van der Waals surface area contributed by atoms with Crippen molar-refractivity contribution in [2.45, 2.75) is 27.2 Å². The fourth-order valence-corrected chi connectivity index (χ4v) is 1.05. The summed E-state index contributed by atoms with van der Waals surface area (Å²) in [7, 11) is 2.42. The summed E-state index contributed by atoms with van der Waals surface area (Å²) >= 11 is 5.82. The fourth-order valence-electron chi connectivity index (χ4n) is 0.785. The SMILES string of the molecule is CC.CCc1ccccc1Cl.CP. The van der Waals surface area contributed by atoms with Crippen molar-refractivity contribution in [3.05, 3.63) is 34.9 Å². The van der Waals surface area contributed by atoms with E-state index >= 15 is 0 Å². The molecule has 0 aliphatic heterocycles. The molecule has 0 saturated heterocycles. The summed E-state index contributed by atoms with van der Waals surface area (Å²) in [6.45, 7) is 8.02. The first-order valence-corrected chi connectivity index (χ1v) is 6.19. The van der Waals surface area contributed by atoms with Crippen LogP contribution in [0.5, 0.6) is 0 Å². The summed E-state index contributed by atoms with van der Waals surface area (Å²) < 4.78 is 0. The Labute approximate surface area is 89.9 Å². The average molecular weight is 219 g/mol. The highest BCUT2D eigenvalue weighted by atomic mass is 35.5. The zero-order valence-corrected chi connectivity index (χ0v) is 10.9. The van der Waals surface area contributed by atoms with E-state index in [1.54, 1.807) is 0 Å². The molecule has 13 heavy (non-hydrogen) atoms. The van der Waals surface area contributed by atoms with Crippen LogP contribution in [0.3, 0.4) is 0 Å². The van der Waals surface area contributed by atoms with Crippen molar-refractivity contribution in [3.63, 3.8) is 0 Å². The number of halogens is 1. The number of rotatable bonds is 1. The number of hydrogen-bond acceptors (Lipinski definition) is 0. The largest absolute Gasteiger partial charge is 0.141 e. The van der Waals surface area contributed by atoms with E-state index in [1.807, 2.05) is 44.8 Å². The van der Waals surface area contributed by atoms with Crippen LogP contribution in [-0.4, -0.2) is 6.66 Å². The highest BCUT2D eigenvalue weighted by molar-refractivity contribution is 7.15. The molecule has 1 aromatic rings. The molecular formula is C11H20ClP. The van der Waals surface area contributed by atoms with E-state index in [-0.39, 0.29) is 0 Å². The third kappa shape index (κ3) is 7.05. The quantitative estimate of drug-likeness (QED) is 0.612. The summed E-state index contributed by atoms with van der Waals surface area (Å²) in [5.74, 6) is 0. The lowest BCUT2D eigenvalue weighted by atomic mass is 10.2. The summed E-state index contributed by atoms with van der Waals surface area (Å²) in [6, 6.07) is 7.91. The smallest absolute Gasteiger partial charge is 0.0437 e. The van der Waals surface area contributed by atoms with Gasteiger partial charge in [-0.25, -0.2) is 0 Å². The minimum absolute atomic E-state index is 0.875. The standard InChI is InChI=1S/C8H9Cl.C2H6.CH5P/c1-2-7-5-3-4-6-8(7)9;2*1-2/h3-6H,2H2,1H3;1-2H3;2H2,1H3. The monoisotopic (exact) mass is 218 g/mol. The molecule has 0 nitrogen and oxygen atoms in total. The third-order valence-electron chi connectivity index (χ3n) is 1.34. The van der Waals surface area contributed by atoms with Crippen molar-refractivity contribution < 1.29 is 0 Å². The molecule has 0 bridgehead atoms. The van der Waals surface area contributed by atoms with Crippen LogP contribution in [0.4, 0.5) is 0 Å². The minimum atomic E-state index is 0.875. The Morgan fingerprint density at radius 3 is 1.92 bits per heavy atom. The maximum absolute atomic E-state index is 5.82. The van der Waals surface area contributed by atoms with Gasteiger partial charge in [0.15, 0.2) is 0 Å². The van der Waals surface area contributed by atoms with Gasteiger partial charge in [-0.2, -0.15) is 0 Å². The van der Waals surface area contributed by atoms with Crippen molar-refractivity contribution in [1.82, 2.24) is 0 Å². The second-order valence-corrected chi connectivity index (χ2v) is 2.35. The maximum atomic E-state index is 5.82. The molecule has 0 aromatic heterocycles. The minimum Gasteiger partial charge on any atom is -0.141 e. The molecule has 0 N–H and O–H groups in total. The van der Waals surface area contributed by atoms with E-state index in [4.69, 9.17) is 11.6 Å². The van der Waals surface area contributed by atoms with Crippen molar-refractivity contribution in [1.29, 1.82) is 0 Å². The Hall–Kier alpha value is -0.0600. The molecule has 0 spiro atoms. The molecule has 1 rings (SSSR count). The van der Waals surface area contributed by atoms with Gasteiger partial charge < -0.3 is 0 Å². The van der Waals surface area contributed by atoms with Crippen LogP contribution in [0.1, 0.15) is 26.3 Å². The van der Waals surface area contributed by atoms with E-state index in [0.717, 1.165) is 11.4 Å². The van der Waals surface area contributed by atoms with Gasteiger partial charge in [0.25, 0.3) is 0 Å². The summed E-state index contributed by atoms with van der Waals surface area (Å²) in [4.78, 5) is 0. The van der Waals surface area contributed by atoms with Crippen LogP contribution in [-0.2, 0) is 6.42 Å². The maximum Gasteiger partial charge on any atom is 0.0437 e. The fraction of sp³-hybridized carbons (Fsp3) is 0.455. The normalized spacial score (nSPS) is 7.54. The predicted molar refractivity (Wildman–Crippen MR) is 67.8 cm³/mol. The number of aryl methyl sites for hydroxylation is 1. The van der Waals surface area contributed by atoms with E-state index in [0.29, 0.717) is 0 Å². The molecule has 0 radical (unpaired) electrons. The van der Waals surface area contributed by atoms with Crippen molar-refractivity contribution in [2.24, 2.45) is 0 Å². The molecule has 1 aromatic carbocycles. The molecule has 0 heterocycles. The van der Waals surface area contributed by atoms with Gasteiger partial charge in [0.1, 0.15) is 0 Å². The Kier molecular flexibility index (Phi) is 14.2. The first-order chi connectivity index (χ1) is 6.34. The predicted octanol–water partition coefficient (Wildman–Crippen LogP) is 4.42. The molecule has 0 amide bonds. The Balaban J connectivity index is 0. The summed E-state index contributed by atoms with van der Waals surface area (Å²) in [6.07, 6.45) is 1.01. The van der Waals surface area contributed by atoms with Gasteiger partial charge >= 0.3 is 0 Å². The van der Waals surface area contributed by atoms with Crippen LogP contribution in [0.15, 0.2) is 24.3 Å². The van der Waals surface area contributed by atoms with Crippen LogP contribution in [0.2, 0.25) is 5.02 Å². The van der Waals surface area contributed by atoms with Gasteiger partial charge in [-0.15, -0.1) is 9.24 Å². The van der Waals surface area contributed by atoms with Gasteiger partial charge in [0.2, 0.25) is 0 Å². The molecule has 0 fully saturated rings. The first kappa shape index (κ1) is 15.4. The Morgan fingerprint density at radius 2 is 1.62 bits per heavy atom. The van der Waals surface area contributed by atoms with Crippen LogP contribution in [0, 0.1) is 0 Å². The molecule has 0 aliphatic carbocycles. The molecule has 0 saturated carbocycles. The lowest BCUT2D eigenvalue weighted by Crippen LogP contribution is -1.78. The second kappa shape index (κ2) is 11.9. The molecular weight excluding hydrogens is 199 g/mol.